The molecule has 10 heteroatoms. The number of fused-ring (bicyclic) bond motifs is 6. The third kappa shape index (κ3) is 3.75. The lowest BCUT2D eigenvalue weighted by Gasteiger charge is -2.26. The first-order chi connectivity index (χ1) is 17.4. The molecule has 6 heterocycles. The number of imidazole rings is 1. The number of ketones is 1. The number of rotatable bonds is 1. The predicted octanol–water partition coefficient (Wildman–Crippen LogP) is 2.90. The summed E-state index contributed by atoms with van der Waals surface area (Å²) < 4.78 is 41.6. The Kier molecular flexibility index (Phi) is 4.64. The second-order valence-electron chi connectivity index (χ2n) is 10.3. The molecule has 1 saturated heterocycles. The molecule has 4 aliphatic heterocycles. The van der Waals surface area contributed by atoms with Gasteiger partial charge in [0.05, 0.1) is 28.9 Å². The number of alkyl halides is 3. The molecule has 2 N–H and O–H groups in total. The first-order valence-corrected chi connectivity index (χ1v) is 11.7. The molecule has 7 nitrogen and oxygen atoms in total. The Morgan fingerprint density at radius 1 is 0.973 bits per heavy atom. The fourth-order valence-electron chi connectivity index (χ4n) is 5.10. The number of hydrogen-bond donors (Lipinski definition) is 2. The molecule has 0 amide bonds. The van der Waals surface area contributed by atoms with Crippen molar-refractivity contribution < 1.29 is 18.0 Å². The van der Waals surface area contributed by atoms with Gasteiger partial charge in [-0.3, -0.25) is 4.79 Å². The van der Waals surface area contributed by atoms with Crippen LogP contribution in [0.25, 0.3) is 12.2 Å². The van der Waals surface area contributed by atoms with E-state index < -0.39 is 28.5 Å². The van der Waals surface area contributed by atoms with Gasteiger partial charge in [0.25, 0.3) is 0 Å². The fourth-order valence-corrected chi connectivity index (χ4v) is 5.10. The van der Waals surface area contributed by atoms with Crippen LogP contribution in [0.2, 0.25) is 0 Å². The standard InChI is InChI=1S/C27H23F3N6O/c1-24(2)21-13-26(36-14-22(31-15-36)27(28,29)30)9-8-19(34-26)11-18-5-4-16(32-18)10-17-6-7-20(33-17)12-25(3,35-21)23(24)37/h4-15,32,35H,1-3H3. The van der Waals surface area contributed by atoms with Gasteiger partial charge in [-0.05, 0) is 81.5 Å². The highest BCUT2D eigenvalue weighted by molar-refractivity contribution is 6.20. The van der Waals surface area contributed by atoms with E-state index in [1.807, 2.05) is 36.4 Å². The second kappa shape index (κ2) is 7.41. The van der Waals surface area contributed by atoms with Crippen molar-refractivity contribution in [2.75, 3.05) is 0 Å². The lowest BCUT2D eigenvalue weighted by molar-refractivity contribution is -0.141. The monoisotopic (exact) mass is 504 g/mol. The molecule has 0 radical (unpaired) electrons. The molecule has 6 rings (SSSR count). The summed E-state index contributed by atoms with van der Waals surface area (Å²) in [5.74, 6) is -0.0906. The molecule has 37 heavy (non-hydrogen) atoms. The molecule has 0 spiro atoms. The number of allylic oxidation sites excluding steroid dienone is 4. The van der Waals surface area contributed by atoms with Crippen LogP contribution in [-0.2, 0) is 16.6 Å². The fraction of sp³-hybridized carbons (Fsp3) is 0.259. The summed E-state index contributed by atoms with van der Waals surface area (Å²) in [6, 6.07) is 3.79. The van der Waals surface area contributed by atoms with Crippen molar-refractivity contribution in [2.24, 2.45) is 15.4 Å². The van der Waals surface area contributed by atoms with Crippen LogP contribution in [0.15, 0.2) is 82.5 Å². The lowest BCUT2D eigenvalue weighted by Crippen LogP contribution is -2.41. The Morgan fingerprint density at radius 3 is 2.41 bits per heavy atom. The summed E-state index contributed by atoms with van der Waals surface area (Å²) in [6.07, 6.45) is 11.8. The summed E-state index contributed by atoms with van der Waals surface area (Å²) >= 11 is 0. The van der Waals surface area contributed by atoms with Gasteiger partial charge in [-0.2, -0.15) is 13.2 Å². The highest BCUT2D eigenvalue weighted by atomic mass is 19.4. The number of H-pyrrole nitrogens is 1. The highest BCUT2D eigenvalue weighted by Gasteiger charge is 2.52. The maximum atomic E-state index is 13.7. The maximum absolute atomic E-state index is 13.7. The zero-order valence-electron chi connectivity index (χ0n) is 20.3. The van der Waals surface area contributed by atoms with Crippen LogP contribution in [0.5, 0.6) is 0 Å². The van der Waals surface area contributed by atoms with Gasteiger partial charge in [0.15, 0.2) is 17.1 Å². The number of carbonyl (C=O) groups excluding carboxylic acids is 1. The van der Waals surface area contributed by atoms with Crippen LogP contribution in [0.1, 0.15) is 26.5 Å². The minimum atomic E-state index is -4.61. The Hall–Kier alpha value is -4.21. The van der Waals surface area contributed by atoms with E-state index in [1.54, 1.807) is 45.1 Å². The average Bonchev–Trinajstić information content (AvgIpc) is 3.61. The van der Waals surface area contributed by atoms with Crippen LogP contribution in [0.3, 0.4) is 0 Å². The number of nitrogens with zero attached hydrogens (tertiary/aromatic N) is 4. The quantitative estimate of drug-likeness (QED) is 0.626. The summed E-state index contributed by atoms with van der Waals surface area (Å²) in [7, 11) is 0. The molecule has 1 fully saturated rings. The van der Waals surface area contributed by atoms with Gasteiger partial charge < -0.3 is 14.9 Å². The number of aliphatic imine (C=N–C) groups is 2. The molecular formula is C27H23F3N6O. The van der Waals surface area contributed by atoms with E-state index in [0.29, 0.717) is 17.1 Å². The zero-order valence-corrected chi connectivity index (χ0v) is 20.3. The van der Waals surface area contributed by atoms with E-state index in [2.05, 4.69) is 20.3 Å². The average molecular weight is 505 g/mol. The zero-order chi connectivity index (χ0) is 26.2. The molecule has 2 aromatic heterocycles. The minimum Gasteiger partial charge on any atom is -0.372 e. The second-order valence-corrected chi connectivity index (χ2v) is 10.3. The molecular weight excluding hydrogens is 481 g/mol. The molecule has 2 unspecified atom stereocenters. The number of aromatic amines is 1. The third-order valence-corrected chi connectivity index (χ3v) is 7.02. The summed E-state index contributed by atoms with van der Waals surface area (Å²) in [5, 5.41) is 4.93. The molecule has 2 aromatic rings. The van der Waals surface area contributed by atoms with Crippen molar-refractivity contribution in [2.45, 2.75) is 38.1 Å². The number of Topliss-reactive ketones (excluding diaryl/α,β-unsaturated/α-hetero) is 1. The largest absolute Gasteiger partial charge is 0.434 e. The summed E-state index contributed by atoms with van der Waals surface area (Å²) in [4.78, 5) is 30.0. The Labute approximate surface area is 209 Å². The molecule has 188 valence electrons. The van der Waals surface area contributed by atoms with Gasteiger partial charge in [-0.15, -0.1) is 0 Å². The van der Waals surface area contributed by atoms with Gasteiger partial charge in [0.2, 0.25) is 0 Å². The van der Waals surface area contributed by atoms with Crippen LogP contribution in [0, 0.1) is 5.41 Å². The predicted molar refractivity (Wildman–Crippen MR) is 134 cm³/mol. The molecule has 0 saturated carbocycles. The topological polar surface area (TPSA) is 87.4 Å². The van der Waals surface area contributed by atoms with Crippen LogP contribution in [-0.4, -0.2) is 37.3 Å². The van der Waals surface area contributed by atoms with E-state index in [1.165, 1.54) is 4.57 Å². The van der Waals surface area contributed by atoms with E-state index in [0.717, 1.165) is 28.9 Å². The van der Waals surface area contributed by atoms with Crippen LogP contribution < -0.4 is 16.0 Å². The molecule has 4 aliphatic rings. The van der Waals surface area contributed by atoms with Crippen LogP contribution in [0.4, 0.5) is 13.2 Å². The van der Waals surface area contributed by atoms with Gasteiger partial charge in [-0.25, -0.2) is 15.0 Å². The third-order valence-electron chi connectivity index (χ3n) is 7.02. The van der Waals surface area contributed by atoms with Crippen molar-refractivity contribution in [1.82, 2.24) is 19.9 Å². The van der Waals surface area contributed by atoms with E-state index >= 15 is 0 Å². The first kappa shape index (κ1) is 23.2. The lowest BCUT2D eigenvalue weighted by atomic mass is 9.80. The van der Waals surface area contributed by atoms with Crippen molar-refractivity contribution in [1.29, 1.82) is 0 Å². The SMILES string of the molecule is CC12C=C3C=CC(=N3)C=c3ccc([nH]3)=CC3=NC(n4cnc(C(F)(F)F)c4)(C=C3)C=C(N1)C(C)(C)C2=O. The van der Waals surface area contributed by atoms with E-state index in [9.17, 15) is 18.0 Å². The Morgan fingerprint density at radius 2 is 1.70 bits per heavy atom. The number of carbonyl (C=O) groups is 1. The van der Waals surface area contributed by atoms with Crippen molar-refractivity contribution in [3.63, 3.8) is 0 Å². The first-order valence-electron chi connectivity index (χ1n) is 11.7. The maximum Gasteiger partial charge on any atom is 0.434 e. The van der Waals surface area contributed by atoms with Crippen LogP contribution >= 0.6 is 0 Å². The Bertz CT molecular complexity index is 1660. The van der Waals surface area contributed by atoms with Gasteiger partial charge in [-0.1, -0.05) is 0 Å². The van der Waals surface area contributed by atoms with Crippen molar-refractivity contribution in [3.8, 4) is 0 Å². The summed E-state index contributed by atoms with van der Waals surface area (Å²) in [5.41, 5.74) is -1.97. The Balaban J connectivity index is 1.61. The number of aromatic nitrogens is 3. The summed E-state index contributed by atoms with van der Waals surface area (Å²) in [6.45, 7) is 5.35. The normalized spacial score (nSPS) is 27.7. The van der Waals surface area contributed by atoms with Crippen molar-refractivity contribution in [3.05, 3.63) is 88.9 Å². The van der Waals surface area contributed by atoms with Gasteiger partial charge >= 0.3 is 6.18 Å². The van der Waals surface area contributed by atoms with E-state index in [-0.39, 0.29) is 5.78 Å². The van der Waals surface area contributed by atoms with Crippen molar-refractivity contribution >= 4 is 29.4 Å². The van der Waals surface area contributed by atoms with Gasteiger partial charge in [0.1, 0.15) is 5.54 Å². The van der Waals surface area contributed by atoms with Gasteiger partial charge in [0, 0.05) is 22.6 Å². The molecule has 2 atom stereocenters. The van der Waals surface area contributed by atoms with E-state index in [4.69, 9.17) is 4.99 Å². The smallest absolute Gasteiger partial charge is 0.372 e. The minimum absolute atomic E-state index is 0.0906. The molecule has 8 bridgehead atoms. The molecule has 0 aliphatic carbocycles. The number of nitrogens with one attached hydrogen (secondary N) is 2. The highest BCUT2D eigenvalue weighted by Crippen LogP contribution is 2.43. The number of halogens is 3. The molecule has 0 aromatic carbocycles. The number of hydrogen-bond acceptors (Lipinski definition) is 5.